The third-order valence-electron chi connectivity index (χ3n) is 3.49. The summed E-state index contributed by atoms with van der Waals surface area (Å²) < 4.78 is 11.0. The molecule has 3 rings (SSSR count). The molecular weight excluding hydrogens is 354 g/mol. The van der Waals surface area contributed by atoms with Crippen LogP contribution in [0.4, 0.5) is 5.69 Å². The van der Waals surface area contributed by atoms with Gasteiger partial charge < -0.3 is 14.8 Å². The van der Waals surface area contributed by atoms with Gasteiger partial charge in [-0.25, -0.2) is 4.98 Å². The second-order valence-corrected chi connectivity index (χ2v) is 5.85. The molecule has 0 saturated heterocycles. The molecule has 0 radical (unpaired) electrons. The number of nitrogens with zero attached hydrogens (tertiary/aromatic N) is 2. The molecule has 0 unspecified atom stereocenters. The highest BCUT2D eigenvalue weighted by Gasteiger charge is 2.13. The van der Waals surface area contributed by atoms with Gasteiger partial charge in [-0.15, -0.1) is 0 Å². The number of carbonyl (C=O) groups excluding carboxylic acids is 1. The van der Waals surface area contributed by atoms with E-state index in [0.29, 0.717) is 22.2 Å². The van der Waals surface area contributed by atoms with Crippen molar-refractivity contribution in [2.75, 3.05) is 12.4 Å². The van der Waals surface area contributed by atoms with Crippen LogP contribution in [-0.2, 0) is 0 Å². The maximum absolute atomic E-state index is 12.4. The van der Waals surface area contributed by atoms with Crippen LogP contribution in [-0.4, -0.2) is 23.0 Å². The van der Waals surface area contributed by atoms with Gasteiger partial charge in [0.2, 0.25) is 0 Å². The lowest BCUT2D eigenvalue weighted by Crippen LogP contribution is -2.14. The Balaban J connectivity index is 1.83. The molecule has 0 aliphatic rings. The van der Waals surface area contributed by atoms with E-state index in [-0.39, 0.29) is 5.69 Å². The Morgan fingerprint density at radius 1 is 1.04 bits per heavy atom. The average molecular weight is 370 g/mol. The van der Waals surface area contributed by atoms with E-state index in [1.165, 1.54) is 12.4 Å². The number of aromatic nitrogens is 2. The van der Waals surface area contributed by atoms with E-state index in [1.807, 2.05) is 0 Å². The van der Waals surface area contributed by atoms with Gasteiger partial charge in [0.05, 0.1) is 24.7 Å². The first-order valence-corrected chi connectivity index (χ1v) is 8.14. The molecule has 3 aromatic rings. The quantitative estimate of drug-likeness (QED) is 0.717. The summed E-state index contributed by atoms with van der Waals surface area (Å²) in [6.07, 6.45) is 2.95. The average Bonchev–Trinajstić information content (AvgIpc) is 2.65. The SMILES string of the molecule is COc1ccc(Oc2ccc(Cl)cc2NC(=O)c2cnc(C)cn2)cc1. The first-order chi connectivity index (χ1) is 12.5. The number of anilines is 1. The van der Waals surface area contributed by atoms with Crippen LogP contribution in [0.2, 0.25) is 5.02 Å². The van der Waals surface area contributed by atoms with Gasteiger partial charge in [0.15, 0.2) is 5.75 Å². The van der Waals surface area contributed by atoms with Crippen molar-refractivity contribution in [1.82, 2.24) is 9.97 Å². The monoisotopic (exact) mass is 369 g/mol. The molecule has 132 valence electrons. The molecule has 1 N–H and O–H groups in total. The standard InChI is InChI=1S/C19H16ClN3O3/c1-12-10-22-17(11-21-12)19(24)23-16-9-13(20)3-8-18(16)26-15-6-4-14(25-2)5-7-15/h3-11H,1-2H3,(H,23,24). The number of halogens is 1. The molecule has 0 atom stereocenters. The molecule has 1 amide bonds. The van der Waals surface area contributed by atoms with Crippen molar-refractivity contribution >= 4 is 23.2 Å². The van der Waals surface area contributed by atoms with Crippen molar-refractivity contribution in [3.05, 3.63) is 71.3 Å². The molecule has 0 aliphatic carbocycles. The fourth-order valence-corrected chi connectivity index (χ4v) is 2.33. The molecule has 0 bridgehead atoms. The number of nitrogens with one attached hydrogen (secondary N) is 1. The Morgan fingerprint density at radius 3 is 2.42 bits per heavy atom. The van der Waals surface area contributed by atoms with Crippen LogP contribution in [0.5, 0.6) is 17.2 Å². The zero-order chi connectivity index (χ0) is 18.5. The van der Waals surface area contributed by atoms with Crippen molar-refractivity contribution in [2.24, 2.45) is 0 Å². The van der Waals surface area contributed by atoms with Crippen molar-refractivity contribution in [3.63, 3.8) is 0 Å². The van der Waals surface area contributed by atoms with E-state index >= 15 is 0 Å². The first-order valence-electron chi connectivity index (χ1n) is 7.76. The van der Waals surface area contributed by atoms with Gasteiger partial charge in [0.25, 0.3) is 5.91 Å². The van der Waals surface area contributed by atoms with Crippen molar-refractivity contribution in [3.8, 4) is 17.2 Å². The van der Waals surface area contributed by atoms with Gasteiger partial charge in [-0.1, -0.05) is 11.6 Å². The Morgan fingerprint density at radius 2 is 1.77 bits per heavy atom. The van der Waals surface area contributed by atoms with Crippen LogP contribution in [0.25, 0.3) is 0 Å². The molecule has 0 saturated carbocycles. The predicted molar refractivity (Wildman–Crippen MR) is 99.2 cm³/mol. The highest BCUT2D eigenvalue weighted by Crippen LogP contribution is 2.33. The van der Waals surface area contributed by atoms with Crippen LogP contribution in [0.3, 0.4) is 0 Å². The van der Waals surface area contributed by atoms with Crippen molar-refractivity contribution < 1.29 is 14.3 Å². The maximum atomic E-state index is 12.4. The number of ether oxygens (including phenoxy) is 2. The van der Waals surface area contributed by atoms with Gasteiger partial charge in [-0.2, -0.15) is 0 Å². The Labute approximate surface area is 155 Å². The normalized spacial score (nSPS) is 10.3. The fraction of sp³-hybridized carbons (Fsp3) is 0.105. The summed E-state index contributed by atoms with van der Waals surface area (Å²) in [7, 11) is 1.59. The zero-order valence-electron chi connectivity index (χ0n) is 14.2. The van der Waals surface area contributed by atoms with E-state index in [4.69, 9.17) is 21.1 Å². The van der Waals surface area contributed by atoms with Crippen LogP contribution in [0.15, 0.2) is 54.9 Å². The molecule has 26 heavy (non-hydrogen) atoms. The lowest BCUT2D eigenvalue weighted by molar-refractivity contribution is 0.102. The van der Waals surface area contributed by atoms with Crippen LogP contribution in [0, 0.1) is 6.92 Å². The lowest BCUT2D eigenvalue weighted by Gasteiger charge is -2.13. The highest BCUT2D eigenvalue weighted by molar-refractivity contribution is 6.31. The largest absolute Gasteiger partial charge is 0.497 e. The molecule has 1 aromatic heterocycles. The van der Waals surface area contributed by atoms with Gasteiger partial charge in [0, 0.05) is 11.2 Å². The minimum absolute atomic E-state index is 0.200. The number of carbonyl (C=O) groups is 1. The number of aryl methyl sites for hydroxylation is 1. The van der Waals surface area contributed by atoms with Crippen LogP contribution >= 0.6 is 11.6 Å². The summed E-state index contributed by atoms with van der Waals surface area (Å²) in [6, 6.07) is 12.1. The molecule has 0 spiro atoms. The summed E-state index contributed by atoms with van der Waals surface area (Å²) in [5.41, 5.74) is 1.36. The van der Waals surface area contributed by atoms with Gasteiger partial charge in [-0.3, -0.25) is 9.78 Å². The summed E-state index contributed by atoms with van der Waals surface area (Å²) in [6.45, 7) is 1.80. The molecule has 6 nitrogen and oxygen atoms in total. The van der Waals surface area contributed by atoms with E-state index in [2.05, 4.69) is 15.3 Å². The summed E-state index contributed by atoms with van der Waals surface area (Å²) >= 11 is 6.06. The Hall–Kier alpha value is -3.12. The zero-order valence-corrected chi connectivity index (χ0v) is 14.9. The Bertz CT molecular complexity index is 912. The van der Waals surface area contributed by atoms with Crippen LogP contribution in [0.1, 0.15) is 16.2 Å². The van der Waals surface area contributed by atoms with Gasteiger partial charge in [-0.05, 0) is 49.4 Å². The van der Waals surface area contributed by atoms with E-state index < -0.39 is 5.91 Å². The number of hydrogen-bond acceptors (Lipinski definition) is 5. The molecular formula is C19H16ClN3O3. The smallest absolute Gasteiger partial charge is 0.275 e. The fourth-order valence-electron chi connectivity index (χ4n) is 2.16. The minimum atomic E-state index is -0.403. The minimum Gasteiger partial charge on any atom is -0.497 e. The maximum Gasteiger partial charge on any atom is 0.275 e. The number of methoxy groups -OCH3 is 1. The topological polar surface area (TPSA) is 73.3 Å². The highest BCUT2D eigenvalue weighted by atomic mass is 35.5. The molecule has 2 aromatic carbocycles. The van der Waals surface area contributed by atoms with Crippen molar-refractivity contribution in [1.29, 1.82) is 0 Å². The summed E-state index contributed by atoms with van der Waals surface area (Å²) in [5, 5.41) is 3.22. The molecule has 0 aliphatic heterocycles. The summed E-state index contributed by atoms with van der Waals surface area (Å²) in [5.74, 6) is 1.37. The third-order valence-corrected chi connectivity index (χ3v) is 3.73. The summed E-state index contributed by atoms with van der Waals surface area (Å²) in [4.78, 5) is 20.5. The van der Waals surface area contributed by atoms with E-state index in [9.17, 15) is 4.79 Å². The third kappa shape index (κ3) is 4.29. The second kappa shape index (κ2) is 7.84. The Kier molecular flexibility index (Phi) is 5.34. The number of rotatable bonds is 5. The number of amides is 1. The van der Waals surface area contributed by atoms with E-state index in [0.717, 1.165) is 11.4 Å². The predicted octanol–water partition coefficient (Wildman–Crippen LogP) is 4.49. The van der Waals surface area contributed by atoms with Gasteiger partial charge >= 0.3 is 0 Å². The van der Waals surface area contributed by atoms with E-state index in [1.54, 1.807) is 56.5 Å². The van der Waals surface area contributed by atoms with Crippen LogP contribution < -0.4 is 14.8 Å². The van der Waals surface area contributed by atoms with Crippen molar-refractivity contribution in [2.45, 2.75) is 6.92 Å². The number of benzene rings is 2. The molecule has 1 heterocycles. The second-order valence-electron chi connectivity index (χ2n) is 5.42. The molecule has 7 heteroatoms. The lowest BCUT2D eigenvalue weighted by atomic mass is 10.2. The first kappa shape index (κ1) is 17.7. The van der Waals surface area contributed by atoms with Gasteiger partial charge in [0.1, 0.15) is 17.2 Å². The molecule has 0 fully saturated rings. The number of hydrogen-bond donors (Lipinski definition) is 1.